The Balaban J connectivity index is 1.45. The summed E-state index contributed by atoms with van der Waals surface area (Å²) in [5.74, 6) is 1.26. The summed E-state index contributed by atoms with van der Waals surface area (Å²) in [5, 5.41) is 5.12. The van der Waals surface area contributed by atoms with E-state index in [1.165, 1.54) is 6.33 Å². The number of aromatic nitrogens is 3. The Bertz CT molecular complexity index is 925. The van der Waals surface area contributed by atoms with Crippen LogP contribution in [0.1, 0.15) is 11.3 Å². The van der Waals surface area contributed by atoms with E-state index in [1.807, 2.05) is 29.1 Å². The molecule has 8 heteroatoms. The van der Waals surface area contributed by atoms with Crippen molar-refractivity contribution in [2.45, 2.75) is 12.8 Å². The number of benzene rings is 1. The van der Waals surface area contributed by atoms with Crippen LogP contribution in [0.5, 0.6) is 0 Å². The zero-order chi connectivity index (χ0) is 19.4. The second-order valence-corrected chi connectivity index (χ2v) is 7.80. The maximum Gasteiger partial charge on any atom is 0.230 e. The fourth-order valence-electron chi connectivity index (χ4n) is 3.56. The van der Waals surface area contributed by atoms with E-state index < -0.39 is 5.41 Å². The molecule has 4 rings (SSSR count). The normalized spacial score (nSPS) is 15.1. The molecule has 0 bridgehead atoms. The zero-order valence-electron chi connectivity index (χ0n) is 15.4. The minimum Gasteiger partial charge on any atom is -0.384 e. The van der Waals surface area contributed by atoms with Gasteiger partial charge in [-0.3, -0.25) is 4.79 Å². The van der Waals surface area contributed by atoms with Gasteiger partial charge in [-0.1, -0.05) is 30.3 Å². The first-order valence-corrected chi connectivity index (χ1v) is 10.1. The lowest BCUT2D eigenvalue weighted by atomic mass is 9.73. The Morgan fingerprint density at radius 3 is 2.75 bits per heavy atom. The molecule has 1 fully saturated rings. The minimum atomic E-state index is -0.483. The molecule has 1 saturated heterocycles. The predicted molar refractivity (Wildman–Crippen MR) is 110 cm³/mol. The van der Waals surface area contributed by atoms with Gasteiger partial charge in [0.25, 0.3) is 0 Å². The molecule has 0 saturated carbocycles. The molecule has 0 radical (unpaired) electrons. The highest BCUT2D eigenvalue weighted by Gasteiger charge is 2.49. The maximum absolute atomic E-state index is 13.1. The van der Waals surface area contributed by atoms with E-state index in [2.05, 4.69) is 37.3 Å². The van der Waals surface area contributed by atoms with Crippen molar-refractivity contribution in [2.75, 3.05) is 30.3 Å². The van der Waals surface area contributed by atoms with Crippen LogP contribution in [0, 0.1) is 5.41 Å². The molecule has 28 heavy (non-hydrogen) atoms. The highest BCUT2D eigenvalue weighted by molar-refractivity contribution is 7.07. The lowest BCUT2D eigenvalue weighted by Crippen LogP contribution is -2.64. The quantitative estimate of drug-likeness (QED) is 0.635. The second-order valence-electron chi connectivity index (χ2n) is 7.09. The van der Waals surface area contributed by atoms with Crippen LogP contribution in [0.2, 0.25) is 0 Å². The van der Waals surface area contributed by atoms with Crippen LogP contribution < -0.4 is 16.0 Å². The summed E-state index contributed by atoms with van der Waals surface area (Å²) in [6.07, 6.45) is 2.88. The Hall–Kier alpha value is -3.00. The Morgan fingerprint density at radius 1 is 1.21 bits per heavy atom. The van der Waals surface area contributed by atoms with Crippen LogP contribution in [-0.4, -0.2) is 40.5 Å². The van der Waals surface area contributed by atoms with E-state index in [0.29, 0.717) is 31.9 Å². The van der Waals surface area contributed by atoms with Crippen molar-refractivity contribution in [3.63, 3.8) is 0 Å². The van der Waals surface area contributed by atoms with Gasteiger partial charge in [0, 0.05) is 37.5 Å². The summed E-state index contributed by atoms with van der Waals surface area (Å²) >= 11 is 1.57. The van der Waals surface area contributed by atoms with Crippen molar-refractivity contribution in [2.24, 2.45) is 5.41 Å². The van der Waals surface area contributed by atoms with Crippen LogP contribution in [0.15, 0.2) is 53.6 Å². The number of nitrogen functional groups attached to an aromatic ring is 1. The van der Waals surface area contributed by atoms with Crippen LogP contribution in [0.4, 0.5) is 11.6 Å². The number of nitrogens with zero attached hydrogens (tertiary/aromatic N) is 4. The van der Waals surface area contributed by atoms with E-state index in [4.69, 9.17) is 5.73 Å². The number of carbonyl (C=O) groups is 1. The van der Waals surface area contributed by atoms with Gasteiger partial charge >= 0.3 is 0 Å². The zero-order valence-corrected chi connectivity index (χ0v) is 16.2. The summed E-state index contributed by atoms with van der Waals surface area (Å²) in [7, 11) is 0. The third kappa shape index (κ3) is 3.96. The Kier molecular flexibility index (Phi) is 5.21. The second kappa shape index (κ2) is 7.93. The van der Waals surface area contributed by atoms with Crippen LogP contribution in [-0.2, 0) is 17.6 Å². The molecular formula is C20H22N6OS. The van der Waals surface area contributed by atoms with Gasteiger partial charge in [0.2, 0.25) is 5.91 Å². The van der Waals surface area contributed by atoms with E-state index in [-0.39, 0.29) is 5.91 Å². The Labute approximate surface area is 167 Å². The lowest BCUT2D eigenvalue weighted by molar-refractivity contribution is -0.132. The van der Waals surface area contributed by atoms with E-state index in [1.54, 1.807) is 17.4 Å². The molecule has 3 N–H and O–H groups in total. The molecular weight excluding hydrogens is 372 g/mol. The van der Waals surface area contributed by atoms with E-state index >= 15 is 0 Å². The topological polar surface area (TPSA) is 97.0 Å². The van der Waals surface area contributed by atoms with Gasteiger partial charge in [0.1, 0.15) is 18.0 Å². The van der Waals surface area contributed by atoms with Gasteiger partial charge in [-0.05, 0) is 12.0 Å². The largest absolute Gasteiger partial charge is 0.384 e. The first-order chi connectivity index (χ1) is 13.6. The number of thiazole rings is 1. The summed E-state index contributed by atoms with van der Waals surface area (Å²) < 4.78 is 0. The van der Waals surface area contributed by atoms with Gasteiger partial charge < -0.3 is 16.0 Å². The fourth-order valence-corrected chi connectivity index (χ4v) is 4.15. The molecule has 2 aromatic heterocycles. The number of hydrogen-bond donors (Lipinski definition) is 2. The van der Waals surface area contributed by atoms with Crippen molar-refractivity contribution in [1.29, 1.82) is 0 Å². The number of nitrogens with two attached hydrogens (primary N) is 1. The SMILES string of the molecule is Nc1cc(N2CC(Cc3ccccc3)(C(=O)NCCc3cscn3)C2)ncn1. The van der Waals surface area contributed by atoms with Gasteiger partial charge in [0.05, 0.1) is 16.6 Å². The molecule has 1 aliphatic heterocycles. The van der Waals surface area contributed by atoms with Crippen molar-refractivity contribution in [3.8, 4) is 0 Å². The molecule has 0 atom stereocenters. The van der Waals surface area contributed by atoms with Crippen molar-refractivity contribution < 1.29 is 4.79 Å². The summed E-state index contributed by atoms with van der Waals surface area (Å²) in [6.45, 7) is 1.78. The number of anilines is 2. The third-order valence-corrected chi connectivity index (χ3v) is 5.64. The fraction of sp³-hybridized carbons (Fsp3) is 0.300. The molecule has 1 aromatic carbocycles. The average Bonchev–Trinajstić information content (AvgIpc) is 3.18. The molecule has 1 amide bonds. The monoisotopic (exact) mass is 394 g/mol. The summed E-state index contributed by atoms with van der Waals surface area (Å²) in [4.78, 5) is 27.7. The number of carbonyl (C=O) groups excluding carboxylic acids is 1. The first kappa shape index (κ1) is 18.4. The molecule has 7 nitrogen and oxygen atoms in total. The summed E-state index contributed by atoms with van der Waals surface area (Å²) in [6, 6.07) is 11.9. The van der Waals surface area contributed by atoms with Gasteiger partial charge in [-0.25, -0.2) is 15.0 Å². The number of rotatable bonds is 7. The standard InChI is InChI=1S/C20H22N6OS/c21-17-8-18(24-13-23-17)26-11-20(12-26,9-15-4-2-1-3-5-15)19(27)22-7-6-16-10-28-14-25-16/h1-5,8,10,13-14H,6-7,9,11-12H2,(H,22,27)(H2,21,23,24). The third-order valence-electron chi connectivity index (χ3n) is 5.00. The number of nitrogens with one attached hydrogen (secondary N) is 1. The molecule has 0 unspecified atom stereocenters. The van der Waals surface area contributed by atoms with Crippen LogP contribution in [0.25, 0.3) is 0 Å². The lowest BCUT2D eigenvalue weighted by Gasteiger charge is -2.49. The van der Waals surface area contributed by atoms with Crippen molar-refractivity contribution in [1.82, 2.24) is 20.3 Å². The van der Waals surface area contributed by atoms with Crippen LogP contribution >= 0.6 is 11.3 Å². The average molecular weight is 395 g/mol. The van der Waals surface area contributed by atoms with Gasteiger partial charge in [-0.15, -0.1) is 11.3 Å². The smallest absolute Gasteiger partial charge is 0.230 e. The van der Waals surface area contributed by atoms with Crippen molar-refractivity contribution >= 4 is 28.9 Å². The predicted octanol–water partition coefficient (Wildman–Crippen LogP) is 1.92. The minimum absolute atomic E-state index is 0.0739. The van der Waals surface area contributed by atoms with Crippen molar-refractivity contribution in [3.05, 3.63) is 64.9 Å². The molecule has 1 aliphatic rings. The maximum atomic E-state index is 13.1. The molecule has 3 heterocycles. The number of amides is 1. The molecule has 0 aliphatic carbocycles. The van der Waals surface area contributed by atoms with E-state index in [0.717, 1.165) is 23.5 Å². The molecule has 3 aromatic rings. The highest BCUT2D eigenvalue weighted by atomic mass is 32.1. The summed E-state index contributed by atoms with van der Waals surface area (Å²) in [5.41, 5.74) is 9.26. The van der Waals surface area contributed by atoms with Gasteiger partial charge in [-0.2, -0.15) is 0 Å². The number of hydrogen-bond acceptors (Lipinski definition) is 7. The van der Waals surface area contributed by atoms with Crippen LogP contribution in [0.3, 0.4) is 0 Å². The van der Waals surface area contributed by atoms with E-state index in [9.17, 15) is 4.79 Å². The van der Waals surface area contributed by atoms with Gasteiger partial charge in [0.15, 0.2) is 0 Å². The first-order valence-electron chi connectivity index (χ1n) is 9.16. The highest BCUT2D eigenvalue weighted by Crippen LogP contribution is 2.37. The Morgan fingerprint density at radius 2 is 2.04 bits per heavy atom. The molecule has 0 spiro atoms. The molecule has 144 valence electrons.